The number of aromatic nitrogens is 2. The van der Waals surface area contributed by atoms with Crippen LogP contribution in [0.25, 0.3) is 0 Å². The molecule has 0 aliphatic rings. The van der Waals surface area contributed by atoms with Crippen LogP contribution < -0.4 is 22.3 Å². The van der Waals surface area contributed by atoms with Crippen molar-refractivity contribution >= 4 is 5.91 Å². The highest BCUT2D eigenvalue weighted by atomic mass is 16.2. The molecule has 1 amide bonds. The molecule has 0 unspecified atom stereocenters. The van der Waals surface area contributed by atoms with E-state index in [9.17, 15) is 14.4 Å². The molecular formula is C12H20N4O3. The molecule has 0 bridgehead atoms. The standard InChI is InChI=1S/C12H20N4O3/c1-2-6-14-10(17)9-15-8-4-11(18)16(12(15)19)7-3-5-13/h4,8H,2-3,5-7,9,13H2,1H3,(H,14,17). The van der Waals surface area contributed by atoms with Gasteiger partial charge in [0.15, 0.2) is 0 Å². The Morgan fingerprint density at radius 1 is 1.42 bits per heavy atom. The second-order valence-corrected chi connectivity index (χ2v) is 4.21. The smallest absolute Gasteiger partial charge is 0.331 e. The van der Waals surface area contributed by atoms with Crippen LogP contribution in [-0.2, 0) is 17.9 Å². The minimum Gasteiger partial charge on any atom is -0.355 e. The molecule has 3 N–H and O–H groups in total. The zero-order chi connectivity index (χ0) is 14.3. The van der Waals surface area contributed by atoms with Gasteiger partial charge < -0.3 is 11.1 Å². The summed E-state index contributed by atoms with van der Waals surface area (Å²) in [7, 11) is 0. The molecule has 1 heterocycles. The Balaban J connectivity index is 2.88. The summed E-state index contributed by atoms with van der Waals surface area (Å²) in [6, 6.07) is 1.28. The fourth-order valence-corrected chi connectivity index (χ4v) is 1.61. The first kappa shape index (κ1) is 15.2. The highest BCUT2D eigenvalue weighted by molar-refractivity contribution is 5.75. The normalized spacial score (nSPS) is 10.4. The Bertz CT molecular complexity index is 533. The maximum absolute atomic E-state index is 12.0. The van der Waals surface area contributed by atoms with Gasteiger partial charge in [0.05, 0.1) is 0 Å². The molecule has 0 saturated carbocycles. The number of hydrogen-bond acceptors (Lipinski definition) is 4. The van der Waals surface area contributed by atoms with Gasteiger partial charge in [-0.25, -0.2) is 4.79 Å². The van der Waals surface area contributed by atoms with Crippen molar-refractivity contribution in [2.75, 3.05) is 13.1 Å². The maximum atomic E-state index is 12.0. The summed E-state index contributed by atoms with van der Waals surface area (Å²) in [5.41, 5.74) is 4.51. The van der Waals surface area contributed by atoms with E-state index in [0.29, 0.717) is 19.5 Å². The predicted molar refractivity (Wildman–Crippen MR) is 71.9 cm³/mol. The van der Waals surface area contributed by atoms with E-state index in [1.54, 1.807) is 0 Å². The van der Waals surface area contributed by atoms with Gasteiger partial charge >= 0.3 is 5.69 Å². The SMILES string of the molecule is CCCNC(=O)Cn1ccc(=O)n(CCCN)c1=O. The highest BCUT2D eigenvalue weighted by Crippen LogP contribution is 1.84. The molecule has 1 aromatic heterocycles. The average Bonchev–Trinajstić information content (AvgIpc) is 2.39. The van der Waals surface area contributed by atoms with Crippen molar-refractivity contribution in [2.45, 2.75) is 32.9 Å². The van der Waals surface area contributed by atoms with Gasteiger partial charge in [-0.15, -0.1) is 0 Å². The van der Waals surface area contributed by atoms with Gasteiger partial charge in [0.25, 0.3) is 5.56 Å². The molecule has 0 saturated heterocycles. The number of hydrogen-bond donors (Lipinski definition) is 2. The van der Waals surface area contributed by atoms with Gasteiger partial charge in [-0.1, -0.05) is 6.92 Å². The Hall–Kier alpha value is -1.89. The van der Waals surface area contributed by atoms with Gasteiger partial charge in [-0.05, 0) is 19.4 Å². The van der Waals surface area contributed by atoms with E-state index in [0.717, 1.165) is 11.0 Å². The third-order valence-corrected chi connectivity index (χ3v) is 2.61. The number of carbonyl (C=O) groups is 1. The number of nitrogens with zero attached hydrogens (tertiary/aromatic N) is 2. The molecule has 1 rings (SSSR count). The third kappa shape index (κ3) is 4.36. The highest BCUT2D eigenvalue weighted by Gasteiger charge is 2.08. The van der Waals surface area contributed by atoms with E-state index in [2.05, 4.69) is 5.32 Å². The molecule has 106 valence electrons. The van der Waals surface area contributed by atoms with Crippen molar-refractivity contribution in [3.63, 3.8) is 0 Å². The Morgan fingerprint density at radius 3 is 2.79 bits per heavy atom. The minimum absolute atomic E-state index is 0.0816. The fraction of sp³-hybridized carbons (Fsp3) is 0.583. The first-order chi connectivity index (χ1) is 9.10. The lowest BCUT2D eigenvalue weighted by atomic mass is 10.4. The molecule has 0 fully saturated rings. The molecule has 7 nitrogen and oxygen atoms in total. The van der Waals surface area contributed by atoms with Gasteiger partial charge in [0.1, 0.15) is 6.54 Å². The van der Waals surface area contributed by atoms with Crippen LogP contribution in [0.4, 0.5) is 0 Å². The maximum Gasteiger partial charge on any atom is 0.331 e. The van der Waals surface area contributed by atoms with Crippen LogP contribution in [0.5, 0.6) is 0 Å². The molecule has 0 spiro atoms. The second-order valence-electron chi connectivity index (χ2n) is 4.21. The summed E-state index contributed by atoms with van der Waals surface area (Å²) in [6.07, 6.45) is 2.72. The number of amides is 1. The van der Waals surface area contributed by atoms with E-state index >= 15 is 0 Å². The third-order valence-electron chi connectivity index (χ3n) is 2.61. The Labute approximate surface area is 111 Å². The van der Waals surface area contributed by atoms with Crippen molar-refractivity contribution in [2.24, 2.45) is 5.73 Å². The predicted octanol–water partition coefficient (Wildman–Crippen LogP) is -1.11. The van der Waals surface area contributed by atoms with Gasteiger partial charge in [-0.2, -0.15) is 0 Å². The molecule has 0 atom stereocenters. The number of nitrogens with one attached hydrogen (secondary N) is 1. The molecule has 0 radical (unpaired) electrons. The van der Waals surface area contributed by atoms with Crippen molar-refractivity contribution in [1.29, 1.82) is 0 Å². The summed E-state index contributed by atoms with van der Waals surface area (Å²) in [6.45, 7) is 3.10. The van der Waals surface area contributed by atoms with Crippen molar-refractivity contribution in [1.82, 2.24) is 14.5 Å². The molecule has 19 heavy (non-hydrogen) atoms. The fourth-order valence-electron chi connectivity index (χ4n) is 1.61. The van der Waals surface area contributed by atoms with Crippen LogP contribution in [0.2, 0.25) is 0 Å². The van der Waals surface area contributed by atoms with E-state index in [4.69, 9.17) is 5.73 Å². The molecular weight excluding hydrogens is 248 g/mol. The summed E-state index contributed by atoms with van der Waals surface area (Å²) >= 11 is 0. The largest absolute Gasteiger partial charge is 0.355 e. The molecule has 1 aromatic rings. The van der Waals surface area contributed by atoms with Crippen LogP contribution in [0, 0.1) is 0 Å². The van der Waals surface area contributed by atoms with Crippen molar-refractivity contribution in [3.8, 4) is 0 Å². The van der Waals surface area contributed by atoms with Crippen molar-refractivity contribution in [3.05, 3.63) is 33.1 Å². The summed E-state index contributed by atoms with van der Waals surface area (Å²) in [5.74, 6) is -0.243. The number of nitrogens with two attached hydrogens (primary N) is 1. The van der Waals surface area contributed by atoms with E-state index in [1.807, 2.05) is 6.92 Å². The van der Waals surface area contributed by atoms with Crippen LogP contribution in [0.15, 0.2) is 21.9 Å². The summed E-state index contributed by atoms with van der Waals surface area (Å²) in [5, 5.41) is 2.68. The van der Waals surface area contributed by atoms with Gasteiger partial charge in [0, 0.05) is 25.4 Å². The molecule has 0 aliphatic carbocycles. The molecule has 0 aliphatic heterocycles. The van der Waals surface area contributed by atoms with Crippen molar-refractivity contribution < 1.29 is 4.79 Å². The Morgan fingerprint density at radius 2 is 2.16 bits per heavy atom. The quantitative estimate of drug-likeness (QED) is 0.654. The minimum atomic E-state index is -0.479. The van der Waals surface area contributed by atoms with Gasteiger partial charge in [-0.3, -0.25) is 18.7 Å². The summed E-state index contributed by atoms with van der Waals surface area (Å²) < 4.78 is 2.32. The Kier molecular flexibility index (Phi) is 6.01. The summed E-state index contributed by atoms with van der Waals surface area (Å²) in [4.78, 5) is 35.1. The number of carbonyl (C=O) groups excluding carboxylic acids is 1. The van der Waals surface area contributed by atoms with Crippen LogP contribution in [-0.4, -0.2) is 28.1 Å². The van der Waals surface area contributed by atoms with Crippen LogP contribution >= 0.6 is 0 Å². The van der Waals surface area contributed by atoms with Crippen LogP contribution in [0.1, 0.15) is 19.8 Å². The first-order valence-corrected chi connectivity index (χ1v) is 6.37. The van der Waals surface area contributed by atoms with Crippen LogP contribution in [0.3, 0.4) is 0 Å². The lowest BCUT2D eigenvalue weighted by Gasteiger charge is -2.09. The monoisotopic (exact) mass is 268 g/mol. The zero-order valence-electron chi connectivity index (χ0n) is 11.1. The zero-order valence-corrected chi connectivity index (χ0v) is 11.1. The molecule has 7 heteroatoms. The van der Waals surface area contributed by atoms with E-state index in [1.165, 1.54) is 16.8 Å². The lowest BCUT2D eigenvalue weighted by molar-refractivity contribution is -0.121. The average molecular weight is 268 g/mol. The topological polar surface area (TPSA) is 99.1 Å². The number of rotatable bonds is 7. The van der Waals surface area contributed by atoms with E-state index < -0.39 is 5.69 Å². The first-order valence-electron chi connectivity index (χ1n) is 6.37. The van der Waals surface area contributed by atoms with E-state index in [-0.39, 0.29) is 24.6 Å². The second kappa shape index (κ2) is 7.52. The van der Waals surface area contributed by atoms with Gasteiger partial charge in [0.2, 0.25) is 5.91 Å². The lowest BCUT2D eigenvalue weighted by Crippen LogP contribution is -2.42. The molecule has 0 aromatic carbocycles.